The SMILES string of the molecule is CCS(=O)(=O)N1CCC(C(=O)Nc2ccc(C(=O)N3CCc4ccccc43)cc2)CC1. The van der Waals surface area contributed by atoms with E-state index in [4.69, 9.17) is 0 Å². The minimum Gasteiger partial charge on any atom is -0.326 e. The highest BCUT2D eigenvalue weighted by atomic mass is 32.2. The van der Waals surface area contributed by atoms with Crippen LogP contribution in [-0.4, -0.2) is 49.9 Å². The normalized spacial score (nSPS) is 17.4. The first kappa shape index (κ1) is 21.5. The molecular formula is C23H27N3O4S. The van der Waals surface area contributed by atoms with Gasteiger partial charge >= 0.3 is 0 Å². The zero-order chi connectivity index (χ0) is 22.0. The van der Waals surface area contributed by atoms with E-state index in [-0.39, 0.29) is 23.5 Å². The molecule has 1 saturated heterocycles. The van der Waals surface area contributed by atoms with Crippen molar-refractivity contribution < 1.29 is 18.0 Å². The number of nitrogens with one attached hydrogen (secondary N) is 1. The second kappa shape index (κ2) is 8.80. The Bertz CT molecular complexity index is 1070. The van der Waals surface area contributed by atoms with E-state index in [0.29, 0.717) is 43.7 Å². The molecule has 1 fully saturated rings. The van der Waals surface area contributed by atoms with Gasteiger partial charge in [0.1, 0.15) is 0 Å². The Kier molecular flexibility index (Phi) is 6.11. The van der Waals surface area contributed by atoms with Crippen LogP contribution in [0.2, 0.25) is 0 Å². The maximum absolute atomic E-state index is 12.9. The summed E-state index contributed by atoms with van der Waals surface area (Å²) in [5, 5.41) is 2.90. The summed E-state index contributed by atoms with van der Waals surface area (Å²) in [7, 11) is -3.20. The summed E-state index contributed by atoms with van der Waals surface area (Å²) in [6.45, 7) is 3.05. The van der Waals surface area contributed by atoms with Crippen LogP contribution in [-0.2, 0) is 21.2 Å². The van der Waals surface area contributed by atoms with Gasteiger partial charge in [-0.25, -0.2) is 12.7 Å². The van der Waals surface area contributed by atoms with Crippen LogP contribution in [0.15, 0.2) is 48.5 Å². The molecule has 2 aliphatic rings. The zero-order valence-electron chi connectivity index (χ0n) is 17.6. The minimum absolute atomic E-state index is 0.0488. The predicted molar refractivity (Wildman–Crippen MR) is 121 cm³/mol. The first-order valence-electron chi connectivity index (χ1n) is 10.7. The smallest absolute Gasteiger partial charge is 0.258 e. The van der Waals surface area contributed by atoms with E-state index in [0.717, 1.165) is 12.1 Å². The molecule has 164 valence electrons. The van der Waals surface area contributed by atoms with E-state index >= 15 is 0 Å². The Hall–Kier alpha value is -2.71. The van der Waals surface area contributed by atoms with Crippen molar-refractivity contribution in [3.63, 3.8) is 0 Å². The highest BCUT2D eigenvalue weighted by Crippen LogP contribution is 2.29. The highest BCUT2D eigenvalue weighted by Gasteiger charge is 2.30. The average Bonchev–Trinajstić information content (AvgIpc) is 3.23. The topological polar surface area (TPSA) is 86.8 Å². The first-order chi connectivity index (χ1) is 14.9. The Labute approximate surface area is 183 Å². The van der Waals surface area contributed by atoms with E-state index in [1.54, 1.807) is 36.1 Å². The van der Waals surface area contributed by atoms with Crippen molar-refractivity contribution in [2.24, 2.45) is 5.92 Å². The Morgan fingerprint density at radius 1 is 1.00 bits per heavy atom. The third-order valence-electron chi connectivity index (χ3n) is 6.11. The summed E-state index contributed by atoms with van der Waals surface area (Å²) in [5.41, 5.74) is 3.35. The van der Waals surface area contributed by atoms with Crippen molar-refractivity contribution in [3.8, 4) is 0 Å². The van der Waals surface area contributed by atoms with Crippen LogP contribution in [0.5, 0.6) is 0 Å². The molecule has 0 bridgehead atoms. The third-order valence-corrected chi connectivity index (χ3v) is 8.00. The number of piperidine rings is 1. The maximum atomic E-state index is 12.9. The number of carbonyl (C=O) groups is 2. The number of fused-ring (bicyclic) bond motifs is 1. The van der Waals surface area contributed by atoms with Crippen LogP contribution < -0.4 is 10.2 Å². The van der Waals surface area contributed by atoms with Gasteiger partial charge in [-0.2, -0.15) is 0 Å². The van der Waals surface area contributed by atoms with Gasteiger partial charge in [-0.3, -0.25) is 9.59 Å². The standard InChI is InChI=1S/C23H27N3O4S/c1-2-31(29,30)25-14-11-18(12-15-25)22(27)24-20-9-7-19(8-10-20)23(28)26-16-13-17-5-3-4-6-21(17)26/h3-10,18H,2,11-16H2,1H3,(H,24,27). The minimum atomic E-state index is -3.20. The number of carbonyl (C=O) groups excluding carboxylic acids is 2. The van der Waals surface area contributed by atoms with Crippen LogP contribution in [0, 0.1) is 5.92 Å². The number of nitrogens with zero attached hydrogens (tertiary/aromatic N) is 2. The van der Waals surface area contributed by atoms with E-state index < -0.39 is 10.0 Å². The van der Waals surface area contributed by atoms with Crippen molar-refractivity contribution in [2.45, 2.75) is 26.2 Å². The zero-order valence-corrected chi connectivity index (χ0v) is 18.4. The summed E-state index contributed by atoms with van der Waals surface area (Å²) in [5.74, 6) is -0.295. The molecule has 2 aromatic rings. The van der Waals surface area contributed by atoms with Crippen LogP contribution in [0.25, 0.3) is 0 Å². The van der Waals surface area contributed by atoms with Crippen molar-refractivity contribution in [1.82, 2.24) is 4.31 Å². The molecule has 2 amide bonds. The molecule has 1 N–H and O–H groups in total. The molecule has 7 nitrogen and oxygen atoms in total. The van der Waals surface area contributed by atoms with E-state index in [9.17, 15) is 18.0 Å². The van der Waals surface area contributed by atoms with Crippen LogP contribution >= 0.6 is 0 Å². The Morgan fingerprint density at radius 3 is 2.35 bits per heavy atom. The quantitative estimate of drug-likeness (QED) is 0.773. The van der Waals surface area contributed by atoms with Gasteiger partial charge in [-0.15, -0.1) is 0 Å². The van der Waals surface area contributed by atoms with E-state index in [1.807, 2.05) is 24.3 Å². The number of para-hydroxylation sites is 1. The van der Waals surface area contributed by atoms with Crippen molar-refractivity contribution in [2.75, 3.05) is 35.6 Å². The summed E-state index contributed by atoms with van der Waals surface area (Å²) >= 11 is 0. The molecular weight excluding hydrogens is 414 g/mol. The van der Waals surface area contributed by atoms with Crippen LogP contribution in [0.4, 0.5) is 11.4 Å². The summed E-state index contributed by atoms with van der Waals surface area (Å²) in [4.78, 5) is 27.3. The van der Waals surface area contributed by atoms with Crippen molar-refractivity contribution >= 4 is 33.2 Å². The molecule has 0 aliphatic carbocycles. The fourth-order valence-corrected chi connectivity index (χ4v) is 5.36. The molecule has 31 heavy (non-hydrogen) atoms. The molecule has 2 aliphatic heterocycles. The first-order valence-corrected chi connectivity index (χ1v) is 12.3. The fraction of sp³-hybridized carbons (Fsp3) is 0.391. The van der Waals surface area contributed by atoms with Crippen molar-refractivity contribution in [3.05, 3.63) is 59.7 Å². The molecule has 0 radical (unpaired) electrons. The fourth-order valence-electron chi connectivity index (χ4n) is 4.22. The monoisotopic (exact) mass is 441 g/mol. The lowest BCUT2D eigenvalue weighted by Crippen LogP contribution is -2.42. The molecule has 2 aromatic carbocycles. The lowest BCUT2D eigenvalue weighted by Gasteiger charge is -2.30. The third kappa shape index (κ3) is 4.50. The Balaban J connectivity index is 1.35. The molecule has 0 saturated carbocycles. The van der Waals surface area contributed by atoms with Crippen LogP contribution in [0.3, 0.4) is 0 Å². The molecule has 2 heterocycles. The molecule has 0 atom stereocenters. The summed E-state index contributed by atoms with van der Waals surface area (Å²) < 4.78 is 25.4. The predicted octanol–water partition coefficient (Wildman–Crippen LogP) is 2.89. The number of rotatable bonds is 5. The Morgan fingerprint density at radius 2 is 1.68 bits per heavy atom. The second-order valence-electron chi connectivity index (χ2n) is 7.98. The summed E-state index contributed by atoms with van der Waals surface area (Å²) in [6.07, 6.45) is 1.88. The number of hydrogen-bond donors (Lipinski definition) is 1. The van der Waals surface area contributed by atoms with Gasteiger partial charge in [0, 0.05) is 42.5 Å². The van der Waals surface area contributed by atoms with Gasteiger partial charge < -0.3 is 10.2 Å². The summed E-state index contributed by atoms with van der Waals surface area (Å²) in [6, 6.07) is 14.9. The number of sulfonamides is 1. The van der Waals surface area contributed by atoms with Gasteiger partial charge in [0.05, 0.1) is 5.75 Å². The lowest BCUT2D eigenvalue weighted by molar-refractivity contribution is -0.120. The highest BCUT2D eigenvalue weighted by molar-refractivity contribution is 7.89. The number of anilines is 2. The maximum Gasteiger partial charge on any atom is 0.258 e. The van der Waals surface area contributed by atoms with Gasteiger partial charge in [0.25, 0.3) is 5.91 Å². The largest absolute Gasteiger partial charge is 0.326 e. The van der Waals surface area contributed by atoms with Gasteiger partial charge in [0.2, 0.25) is 15.9 Å². The molecule has 0 aromatic heterocycles. The van der Waals surface area contributed by atoms with E-state index in [2.05, 4.69) is 5.32 Å². The van der Waals surface area contributed by atoms with Gasteiger partial charge in [-0.1, -0.05) is 18.2 Å². The van der Waals surface area contributed by atoms with Gasteiger partial charge in [-0.05, 0) is 62.1 Å². The van der Waals surface area contributed by atoms with Crippen LogP contribution in [0.1, 0.15) is 35.7 Å². The number of hydrogen-bond acceptors (Lipinski definition) is 4. The molecule has 8 heteroatoms. The number of benzene rings is 2. The number of amides is 2. The molecule has 0 unspecified atom stereocenters. The lowest BCUT2D eigenvalue weighted by atomic mass is 9.97. The van der Waals surface area contributed by atoms with E-state index in [1.165, 1.54) is 9.87 Å². The molecule has 4 rings (SSSR count). The van der Waals surface area contributed by atoms with Gasteiger partial charge in [0.15, 0.2) is 0 Å². The average molecular weight is 442 g/mol. The molecule has 0 spiro atoms. The second-order valence-corrected chi connectivity index (χ2v) is 10.2. The van der Waals surface area contributed by atoms with Crippen molar-refractivity contribution in [1.29, 1.82) is 0 Å².